The normalized spacial score (nSPS) is 20.6. The predicted octanol–water partition coefficient (Wildman–Crippen LogP) is 2.42. The average Bonchev–Trinajstić information content (AvgIpc) is 2.72. The summed E-state index contributed by atoms with van der Waals surface area (Å²) in [5.41, 5.74) is 1.11. The molecule has 1 aromatic carbocycles. The fourth-order valence-electron chi connectivity index (χ4n) is 4.00. The van der Waals surface area contributed by atoms with Crippen LogP contribution < -0.4 is 5.32 Å². The number of benzene rings is 1. The third kappa shape index (κ3) is 4.85. The van der Waals surface area contributed by atoms with Crippen LogP contribution in [-0.2, 0) is 16.1 Å². The number of nitrogens with one attached hydrogen (secondary N) is 1. The highest BCUT2D eigenvalue weighted by atomic mass is 16.2. The van der Waals surface area contributed by atoms with Gasteiger partial charge in [0.25, 0.3) is 0 Å². The molecule has 1 unspecified atom stereocenters. The summed E-state index contributed by atoms with van der Waals surface area (Å²) < 4.78 is 0. The lowest BCUT2D eigenvalue weighted by Crippen LogP contribution is -2.50. The highest BCUT2D eigenvalue weighted by Crippen LogP contribution is 2.23. The van der Waals surface area contributed by atoms with Crippen molar-refractivity contribution in [2.45, 2.75) is 51.6 Å². The molecule has 2 amide bonds. The molecule has 5 heteroatoms. The smallest absolute Gasteiger partial charge is 0.237 e. The molecular formula is C21H31N3O2. The Morgan fingerprint density at radius 3 is 2.35 bits per heavy atom. The van der Waals surface area contributed by atoms with Crippen LogP contribution >= 0.6 is 0 Å². The van der Waals surface area contributed by atoms with Gasteiger partial charge in [0.2, 0.25) is 11.8 Å². The average molecular weight is 357 g/mol. The number of amides is 2. The van der Waals surface area contributed by atoms with Crippen molar-refractivity contribution < 1.29 is 9.59 Å². The van der Waals surface area contributed by atoms with Crippen LogP contribution in [0.3, 0.4) is 0 Å². The molecule has 5 nitrogen and oxygen atoms in total. The van der Waals surface area contributed by atoms with Crippen LogP contribution in [0.15, 0.2) is 30.3 Å². The van der Waals surface area contributed by atoms with Gasteiger partial charge in [-0.15, -0.1) is 0 Å². The fraction of sp³-hybridized carbons (Fsp3) is 0.619. The molecule has 0 spiro atoms. The lowest BCUT2D eigenvalue weighted by molar-refractivity contribution is -0.138. The monoisotopic (exact) mass is 357 g/mol. The zero-order chi connectivity index (χ0) is 18.4. The molecule has 1 atom stereocenters. The molecule has 0 aliphatic carbocycles. The van der Waals surface area contributed by atoms with Crippen molar-refractivity contribution in [1.29, 1.82) is 0 Å². The molecule has 3 rings (SSSR count). The minimum absolute atomic E-state index is 0.0645. The Morgan fingerprint density at radius 2 is 1.69 bits per heavy atom. The largest absolute Gasteiger partial charge is 0.351 e. The molecule has 0 bridgehead atoms. The van der Waals surface area contributed by atoms with Crippen LogP contribution in [0.4, 0.5) is 0 Å². The maximum Gasteiger partial charge on any atom is 0.237 e. The number of carbonyl (C=O) groups is 2. The lowest BCUT2D eigenvalue weighted by atomic mass is 9.93. The molecule has 0 saturated carbocycles. The van der Waals surface area contributed by atoms with Gasteiger partial charge in [-0.3, -0.25) is 14.5 Å². The first-order valence-electron chi connectivity index (χ1n) is 9.99. The summed E-state index contributed by atoms with van der Waals surface area (Å²) in [6, 6.07) is 9.82. The van der Waals surface area contributed by atoms with E-state index >= 15 is 0 Å². The summed E-state index contributed by atoms with van der Waals surface area (Å²) in [6.07, 6.45) is 5.27. The van der Waals surface area contributed by atoms with Crippen LogP contribution in [0.5, 0.6) is 0 Å². The fourth-order valence-corrected chi connectivity index (χ4v) is 4.00. The van der Waals surface area contributed by atoms with Crippen LogP contribution in [-0.4, -0.2) is 53.8 Å². The van der Waals surface area contributed by atoms with Crippen molar-refractivity contribution in [3.63, 3.8) is 0 Å². The zero-order valence-corrected chi connectivity index (χ0v) is 15.8. The molecule has 2 aliphatic heterocycles. The van der Waals surface area contributed by atoms with E-state index in [0.717, 1.165) is 57.4 Å². The van der Waals surface area contributed by atoms with Crippen LogP contribution in [0.2, 0.25) is 0 Å². The highest BCUT2D eigenvalue weighted by molar-refractivity contribution is 5.81. The molecule has 2 aliphatic rings. The van der Waals surface area contributed by atoms with E-state index in [0.29, 0.717) is 12.5 Å². The molecule has 2 fully saturated rings. The van der Waals surface area contributed by atoms with Crippen molar-refractivity contribution >= 4 is 11.8 Å². The van der Waals surface area contributed by atoms with E-state index in [1.807, 2.05) is 37.3 Å². The Balaban J connectivity index is 1.43. The summed E-state index contributed by atoms with van der Waals surface area (Å²) in [5.74, 6) is 0.545. The predicted molar refractivity (Wildman–Crippen MR) is 102 cm³/mol. The second-order valence-electron chi connectivity index (χ2n) is 7.58. The van der Waals surface area contributed by atoms with Gasteiger partial charge in [-0.05, 0) is 57.7 Å². The Labute approximate surface area is 156 Å². The quantitative estimate of drug-likeness (QED) is 0.880. The molecule has 0 aromatic heterocycles. The van der Waals surface area contributed by atoms with Gasteiger partial charge in [0, 0.05) is 25.6 Å². The summed E-state index contributed by atoms with van der Waals surface area (Å²) >= 11 is 0. The van der Waals surface area contributed by atoms with Gasteiger partial charge in [0.05, 0.1) is 6.04 Å². The van der Waals surface area contributed by atoms with Crippen LogP contribution in [0.1, 0.15) is 44.6 Å². The number of nitrogens with zero attached hydrogens (tertiary/aromatic N) is 2. The number of hydrogen-bond donors (Lipinski definition) is 1. The van der Waals surface area contributed by atoms with E-state index in [1.54, 1.807) is 0 Å². The van der Waals surface area contributed by atoms with Gasteiger partial charge in [-0.2, -0.15) is 0 Å². The molecule has 1 aromatic rings. The van der Waals surface area contributed by atoms with Crippen molar-refractivity contribution in [2.75, 3.05) is 26.2 Å². The number of likely N-dealkylation sites (tertiary alicyclic amines) is 2. The highest BCUT2D eigenvalue weighted by Gasteiger charge is 2.32. The second kappa shape index (κ2) is 9.17. The van der Waals surface area contributed by atoms with Crippen molar-refractivity contribution in [3.8, 4) is 0 Å². The summed E-state index contributed by atoms with van der Waals surface area (Å²) in [5, 5.41) is 3.03. The number of hydrogen-bond acceptors (Lipinski definition) is 3. The van der Waals surface area contributed by atoms with Gasteiger partial charge in [0.1, 0.15) is 0 Å². The maximum atomic E-state index is 12.7. The van der Waals surface area contributed by atoms with E-state index in [-0.39, 0.29) is 17.9 Å². The third-order valence-electron chi connectivity index (χ3n) is 5.78. The minimum atomic E-state index is -0.148. The topological polar surface area (TPSA) is 52.7 Å². The lowest BCUT2D eigenvalue weighted by Gasteiger charge is -2.37. The maximum absolute atomic E-state index is 12.7. The molecule has 142 valence electrons. The van der Waals surface area contributed by atoms with Gasteiger partial charge in [-0.25, -0.2) is 0 Å². The SMILES string of the molecule is CC(C(=O)NCc1ccccc1)N1CCC(C(=O)N2CCCCC2)CC1. The molecule has 1 N–H and O–H groups in total. The van der Waals surface area contributed by atoms with Crippen molar-refractivity contribution in [2.24, 2.45) is 5.92 Å². The van der Waals surface area contributed by atoms with E-state index in [4.69, 9.17) is 0 Å². The van der Waals surface area contributed by atoms with Gasteiger partial charge in [0.15, 0.2) is 0 Å². The Hall–Kier alpha value is -1.88. The standard InChI is InChI=1S/C21H31N3O2/c1-17(20(25)22-16-18-8-4-2-5-9-18)23-14-10-19(11-15-23)21(26)24-12-6-3-7-13-24/h2,4-5,8-9,17,19H,3,6-7,10-16H2,1H3,(H,22,25). The van der Waals surface area contributed by atoms with E-state index in [1.165, 1.54) is 6.42 Å². The molecule has 26 heavy (non-hydrogen) atoms. The second-order valence-corrected chi connectivity index (χ2v) is 7.58. The minimum Gasteiger partial charge on any atom is -0.351 e. The Bertz CT molecular complexity index is 591. The first-order chi connectivity index (χ1) is 12.6. The number of rotatable bonds is 5. The number of piperidine rings is 2. The Kier molecular flexibility index (Phi) is 6.67. The van der Waals surface area contributed by atoms with Crippen LogP contribution in [0, 0.1) is 5.92 Å². The first-order valence-corrected chi connectivity index (χ1v) is 9.99. The zero-order valence-electron chi connectivity index (χ0n) is 15.8. The summed E-state index contributed by atoms with van der Waals surface area (Å²) in [7, 11) is 0. The van der Waals surface area contributed by atoms with Crippen molar-refractivity contribution in [3.05, 3.63) is 35.9 Å². The summed E-state index contributed by atoms with van der Waals surface area (Å²) in [4.78, 5) is 29.4. The molecule has 2 saturated heterocycles. The molecule has 0 radical (unpaired) electrons. The van der Waals surface area contributed by atoms with Gasteiger partial charge in [-0.1, -0.05) is 30.3 Å². The van der Waals surface area contributed by atoms with Crippen molar-refractivity contribution in [1.82, 2.24) is 15.1 Å². The Morgan fingerprint density at radius 1 is 1.04 bits per heavy atom. The number of carbonyl (C=O) groups excluding carboxylic acids is 2. The van der Waals surface area contributed by atoms with Gasteiger partial charge >= 0.3 is 0 Å². The van der Waals surface area contributed by atoms with E-state index in [9.17, 15) is 9.59 Å². The first kappa shape index (κ1) is 18.9. The molecular weight excluding hydrogens is 326 g/mol. The molecule has 2 heterocycles. The third-order valence-corrected chi connectivity index (χ3v) is 5.78. The summed E-state index contributed by atoms with van der Waals surface area (Å²) in [6.45, 7) is 6.03. The van der Waals surface area contributed by atoms with Gasteiger partial charge < -0.3 is 10.2 Å². The van der Waals surface area contributed by atoms with E-state index in [2.05, 4.69) is 15.1 Å². The van der Waals surface area contributed by atoms with E-state index < -0.39 is 0 Å². The van der Waals surface area contributed by atoms with Crippen LogP contribution in [0.25, 0.3) is 0 Å².